The van der Waals surface area contributed by atoms with Crippen LogP contribution in [0, 0.1) is 0 Å². The molecule has 5 rings (SSSR count). The topological polar surface area (TPSA) is 80.9 Å². The standard InChI is InChI=1S/C20H17NO6/c22-19-15-6-5-12(24-8-13-9-25-13)7-16(15)20(23)21(19)17-3-1-2-4-18(17)27-11-14-10-26-14/h1-7,13-14H,8-11H2. The molecule has 138 valence electrons. The predicted molar refractivity (Wildman–Crippen MR) is 94.5 cm³/mol. The minimum absolute atomic E-state index is 0.0791. The highest BCUT2D eigenvalue weighted by Crippen LogP contribution is 2.36. The van der Waals surface area contributed by atoms with Gasteiger partial charge in [0.1, 0.15) is 36.9 Å². The van der Waals surface area contributed by atoms with E-state index in [2.05, 4.69) is 0 Å². The van der Waals surface area contributed by atoms with E-state index in [9.17, 15) is 9.59 Å². The van der Waals surface area contributed by atoms with Gasteiger partial charge >= 0.3 is 0 Å². The van der Waals surface area contributed by atoms with Crippen LogP contribution in [0.4, 0.5) is 5.69 Å². The lowest BCUT2D eigenvalue weighted by Gasteiger charge is -2.18. The lowest BCUT2D eigenvalue weighted by atomic mass is 10.1. The maximum Gasteiger partial charge on any atom is 0.266 e. The van der Waals surface area contributed by atoms with E-state index >= 15 is 0 Å². The summed E-state index contributed by atoms with van der Waals surface area (Å²) in [5.41, 5.74) is 1.11. The Bertz CT molecular complexity index is 918. The number of ether oxygens (including phenoxy) is 4. The van der Waals surface area contributed by atoms with Crippen LogP contribution >= 0.6 is 0 Å². The predicted octanol–water partition coefficient (Wildman–Crippen LogP) is 2.04. The zero-order valence-electron chi connectivity index (χ0n) is 14.4. The third-order valence-corrected chi connectivity index (χ3v) is 4.63. The highest BCUT2D eigenvalue weighted by atomic mass is 16.6. The number of hydrogen-bond donors (Lipinski definition) is 0. The van der Waals surface area contributed by atoms with Crippen LogP contribution in [0.2, 0.25) is 0 Å². The molecule has 7 heteroatoms. The highest BCUT2D eigenvalue weighted by molar-refractivity contribution is 6.35. The summed E-state index contributed by atoms with van der Waals surface area (Å²) >= 11 is 0. The molecular formula is C20H17NO6. The van der Waals surface area contributed by atoms with E-state index in [0.717, 1.165) is 4.90 Å². The minimum atomic E-state index is -0.387. The fourth-order valence-electron chi connectivity index (χ4n) is 2.99. The minimum Gasteiger partial charge on any atom is -0.491 e. The summed E-state index contributed by atoms with van der Waals surface area (Å²) in [6.07, 6.45) is 0.196. The molecule has 2 unspecified atom stereocenters. The third kappa shape index (κ3) is 3.15. The van der Waals surface area contributed by atoms with Gasteiger partial charge in [0.2, 0.25) is 0 Å². The zero-order valence-corrected chi connectivity index (χ0v) is 14.4. The number of amides is 2. The van der Waals surface area contributed by atoms with Crippen molar-refractivity contribution in [3.05, 3.63) is 53.6 Å². The van der Waals surface area contributed by atoms with E-state index < -0.39 is 0 Å². The first kappa shape index (κ1) is 16.3. The lowest BCUT2D eigenvalue weighted by molar-refractivity contribution is 0.0924. The Hall–Kier alpha value is -2.90. The van der Waals surface area contributed by atoms with Crippen molar-refractivity contribution in [2.45, 2.75) is 12.2 Å². The number of fused-ring (bicyclic) bond motifs is 1. The second kappa shape index (κ2) is 6.37. The van der Waals surface area contributed by atoms with Crippen LogP contribution in [0.15, 0.2) is 42.5 Å². The van der Waals surface area contributed by atoms with Gasteiger partial charge in [0.05, 0.1) is 30.0 Å². The molecule has 0 spiro atoms. The fourth-order valence-corrected chi connectivity index (χ4v) is 2.99. The Morgan fingerprint density at radius 1 is 0.889 bits per heavy atom. The fraction of sp³-hybridized carbons (Fsp3) is 0.300. The van der Waals surface area contributed by atoms with Crippen molar-refractivity contribution in [2.75, 3.05) is 31.3 Å². The number of carbonyl (C=O) groups excluding carboxylic acids is 2. The molecule has 0 aliphatic carbocycles. The second-order valence-corrected chi connectivity index (χ2v) is 6.65. The van der Waals surface area contributed by atoms with Crippen molar-refractivity contribution in [1.29, 1.82) is 0 Å². The van der Waals surface area contributed by atoms with Gasteiger partial charge in [-0.2, -0.15) is 0 Å². The number of carbonyl (C=O) groups is 2. The average Bonchev–Trinajstić information content (AvgIpc) is 3.60. The number of rotatable bonds is 7. The molecule has 7 nitrogen and oxygen atoms in total. The molecule has 2 atom stereocenters. The summed E-state index contributed by atoms with van der Waals surface area (Å²) < 4.78 is 21.7. The van der Waals surface area contributed by atoms with Crippen molar-refractivity contribution in [3.63, 3.8) is 0 Å². The van der Waals surface area contributed by atoms with Gasteiger partial charge in [-0.25, -0.2) is 4.90 Å². The number of imide groups is 1. The van der Waals surface area contributed by atoms with Crippen molar-refractivity contribution < 1.29 is 28.5 Å². The summed E-state index contributed by atoms with van der Waals surface area (Å²) in [4.78, 5) is 27.0. The van der Waals surface area contributed by atoms with E-state index in [-0.39, 0.29) is 24.0 Å². The Kier molecular flexibility index (Phi) is 3.84. The molecule has 0 saturated carbocycles. The molecule has 2 aromatic rings. The van der Waals surface area contributed by atoms with Crippen molar-refractivity contribution >= 4 is 17.5 Å². The average molecular weight is 367 g/mol. The summed E-state index contributed by atoms with van der Waals surface area (Å²) in [5.74, 6) is 0.264. The van der Waals surface area contributed by atoms with E-state index in [1.165, 1.54) is 0 Å². The van der Waals surface area contributed by atoms with E-state index in [0.29, 0.717) is 54.7 Å². The van der Waals surface area contributed by atoms with Crippen LogP contribution in [0.1, 0.15) is 20.7 Å². The van der Waals surface area contributed by atoms with Gasteiger partial charge in [0.25, 0.3) is 11.8 Å². The lowest BCUT2D eigenvalue weighted by Crippen LogP contribution is -2.30. The van der Waals surface area contributed by atoms with E-state index in [1.54, 1.807) is 42.5 Å². The highest BCUT2D eigenvalue weighted by Gasteiger charge is 2.38. The number of nitrogens with zero attached hydrogens (tertiary/aromatic N) is 1. The summed E-state index contributed by atoms with van der Waals surface area (Å²) in [5, 5.41) is 0. The molecule has 3 aliphatic heterocycles. The van der Waals surface area contributed by atoms with Crippen LogP contribution in [0.3, 0.4) is 0 Å². The zero-order chi connectivity index (χ0) is 18.4. The van der Waals surface area contributed by atoms with Crippen LogP contribution in [0.25, 0.3) is 0 Å². The van der Waals surface area contributed by atoms with E-state index in [4.69, 9.17) is 18.9 Å². The quantitative estimate of drug-likeness (QED) is 0.550. The molecule has 3 heterocycles. The molecule has 0 N–H and O–H groups in total. The second-order valence-electron chi connectivity index (χ2n) is 6.65. The van der Waals surface area contributed by atoms with Crippen LogP contribution < -0.4 is 14.4 Å². The van der Waals surface area contributed by atoms with Crippen molar-refractivity contribution in [1.82, 2.24) is 0 Å². The number of benzene rings is 2. The monoisotopic (exact) mass is 367 g/mol. The maximum atomic E-state index is 13.0. The molecule has 2 amide bonds. The Morgan fingerprint density at radius 3 is 2.30 bits per heavy atom. The molecule has 2 fully saturated rings. The molecule has 3 aliphatic rings. The van der Waals surface area contributed by atoms with Gasteiger partial charge in [0.15, 0.2) is 0 Å². The van der Waals surface area contributed by atoms with Crippen LogP contribution in [-0.2, 0) is 9.47 Å². The molecule has 0 radical (unpaired) electrons. The van der Waals surface area contributed by atoms with Crippen molar-refractivity contribution in [2.24, 2.45) is 0 Å². The third-order valence-electron chi connectivity index (χ3n) is 4.63. The molecule has 2 saturated heterocycles. The first-order chi connectivity index (χ1) is 13.2. The number of hydrogen-bond acceptors (Lipinski definition) is 6. The van der Waals surface area contributed by atoms with Crippen LogP contribution in [0.5, 0.6) is 11.5 Å². The smallest absolute Gasteiger partial charge is 0.266 e. The van der Waals surface area contributed by atoms with Gasteiger partial charge in [0, 0.05) is 0 Å². The molecule has 0 bridgehead atoms. The number of para-hydroxylation sites is 2. The van der Waals surface area contributed by atoms with Crippen molar-refractivity contribution in [3.8, 4) is 11.5 Å². The molecular weight excluding hydrogens is 350 g/mol. The first-order valence-corrected chi connectivity index (χ1v) is 8.81. The van der Waals surface area contributed by atoms with E-state index in [1.807, 2.05) is 0 Å². The van der Waals surface area contributed by atoms with Gasteiger partial charge < -0.3 is 18.9 Å². The summed E-state index contributed by atoms with van der Waals surface area (Å²) in [6.45, 7) is 2.19. The Morgan fingerprint density at radius 2 is 1.56 bits per heavy atom. The van der Waals surface area contributed by atoms with Crippen LogP contribution in [-0.4, -0.2) is 50.4 Å². The van der Waals surface area contributed by atoms with Gasteiger partial charge in [-0.1, -0.05) is 12.1 Å². The molecule has 27 heavy (non-hydrogen) atoms. The SMILES string of the molecule is O=C1c2ccc(OCC3CO3)cc2C(=O)N1c1ccccc1OCC1CO1. The normalized spacial score (nSPS) is 22.6. The number of epoxide rings is 2. The first-order valence-electron chi connectivity index (χ1n) is 8.81. The van der Waals surface area contributed by atoms with Gasteiger partial charge in [-0.05, 0) is 30.3 Å². The molecule has 2 aromatic carbocycles. The number of anilines is 1. The Labute approximate surface area is 155 Å². The maximum absolute atomic E-state index is 13.0. The largest absolute Gasteiger partial charge is 0.491 e. The molecule has 0 aromatic heterocycles. The summed E-state index contributed by atoms with van der Waals surface area (Å²) in [6, 6.07) is 11.9. The van der Waals surface area contributed by atoms with Gasteiger partial charge in [-0.3, -0.25) is 9.59 Å². The Balaban J connectivity index is 1.41. The van der Waals surface area contributed by atoms with Gasteiger partial charge in [-0.15, -0.1) is 0 Å². The summed E-state index contributed by atoms with van der Waals surface area (Å²) in [7, 11) is 0.